The molecule has 1 heterocycles. The van der Waals surface area contributed by atoms with E-state index in [0.29, 0.717) is 0 Å². The van der Waals surface area contributed by atoms with Gasteiger partial charge in [0.15, 0.2) is 0 Å². The van der Waals surface area contributed by atoms with Crippen LogP contribution >= 0.6 is 11.8 Å². The summed E-state index contributed by atoms with van der Waals surface area (Å²) in [6.07, 6.45) is 13.4. The van der Waals surface area contributed by atoms with Crippen molar-refractivity contribution in [3.63, 3.8) is 0 Å². The minimum atomic E-state index is 0.202. The molecule has 0 amide bonds. The third-order valence-corrected chi connectivity index (χ3v) is 7.72. The molecule has 18 heavy (non-hydrogen) atoms. The van der Waals surface area contributed by atoms with Crippen LogP contribution in [0.5, 0.6) is 0 Å². The van der Waals surface area contributed by atoms with E-state index >= 15 is 0 Å². The van der Waals surface area contributed by atoms with Crippen LogP contribution in [-0.4, -0.2) is 17.0 Å². The smallest absolute Gasteiger partial charge is 0.0254 e. The zero-order valence-corrected chi connectivity index (χ0v) is 12.3. The van der Waals surface area contributed by atoms with Gasteiger partial charge in [-0.15, -0.1) is 0 Å². The first kappa shape index (κ1) is 12.1. The van der Waals surface area contributed by atoms with Crippen LogP contribution in [0.3, 0.4) is 0 Å². The molecule has 1 aliphatic heterocycles. The summed E-state index contributed by atoms with van der Waals surface area (Å²) in [7, 11) is 0. The molecule has 0 aromatic rings. The summed E-state index contributed by atoms with van der Waals surface area (Å²) in [6, 6.07) is 0. The van der Waals surface area contributed by atoms with E-state index < -0.39 is 0 Å². The topological polar surface area (TPSA) is 26.0 Å². The van der Waals surface area contributed by atoms with E-state index in [2.05, 4.69) is 11.8 Å². The Hall–Kier alpha value is 0.310. The molecule has 0 aromatic heterocycles. The second-order valence-electron chi connectivity index (χ2n) is 8.08. The van der Waals surface area contributed by atoms with E-state index in [1.165, 1.54) is 30.8 Å². The van der Waals surface area contributed by atoms with Crippen LogP contribution in [-0.2, 0) is 0 Å². The van der Waals surface area contributed by atoms with Gasteiger partial charge in [-0.3, -0.25) is 0 Å². The van der Waals surface area contributed by atoms with Gasteiger partial charge in [-0.05, 0) is 86.7 Å². The highest BCUT2D eigenvalue weighted by Gasteiger charge is 2.51. The first-order valence-corrected chi connectivity index (χ1v) is 9.17. The Morgan fingerprint density at radius 1 is 0.944 bits per heavy atom. The maximum absolute atomic E-state index is 6.57. The zero-order valence-electron chi connectivity index (χ0n) is 11.5. The summed E-state index contributed by atoms with van der Waals surface area (Å²) < 4.78 is 0. The molecule has 1 unspecified atom stereocenters. The van der Waals surface area contributed by atoms with E-state index in [1.807, 2.05) is 0 Å². The fraction of sp³-hybridized carbons (Fsp3) is 1.00. The van der Waals surface area contributed by atoms with Crippen molar-refractivity contribution in [1.82, 2.24) is 0 Å². The van der Waals surface area contributed by atoms with Crippen molar-refractivity contribution in [3.05, 3.63) is 0 Å². The quantitative estimate of drug-likeness (QED) is 0.839. The zero-order chi connectivity index (χ0) is 12.2. The Morgan fingerprint density at radius 2 is 1.56 bits per heavy atom. The van der Waals surface area contributed by atoms with Crippen LogP contribution in [0, 0.1) is 23.2 Å². The van der Waals surface area contributed by atoms with Crippen LogP contribution in [0.4, 0.5) is 0 Å². The van der Waals surface area contributed by atoms with Gasteiger partial charge in [-0.25, -0.2) is 0 Å². The summed E-state index contributed by atoms with van der Waals surface area (Å²) >= 11 is 2.07. The van der Waals surface area contributed by atoms with Gasteiger partial charge < -0.3 is 5.73 Å². The van der Waals surface area contributed by atoms with Crippen LogP contribution in [0.2, 0.25) is 0 Å². The summed E-state index contributed by atoms with van der Waals surface area (Å²) in [4.78, 5) is 0. The molecule has 0 spiro atoms. The molecule has 4 aliphatic carbocycles. The van der Waals surface area contributed by atoms with E-state index in [1.54, 1.807) is 38.5 Å². The highest BCUT2D eigenvalue weighted by molar-refractivity contribution is 7.99. The van der Waals surface area contributed by atoms with Crippen molar-refractivity contribution in [2.45, 2.75) is 63.3 Å². The predicted molar refractivity (Wildman–Crippen MR) is 78.7 cm³/mol. The van der Waals surface area contributed by atoms with Crippen LogP contribution in [0.25, 0.3) is 0 Å². The molecule has 4 bridgehead atoms. The second kappa shape index (κ2) is 4.15. The van der Waals surface area contributed by atoms with Crippen molar-refractivity contribution in [3.8, 4) is 0 Å². The average molecular weight is 265 g/mol. The number of hydrogen-bond donors (Lipinski definition) is 1. The Morgan fingerprint density at radius 3 is 2.06 bits per heavy atom. The average Bonchev–Trinajstić information content (AvgIpc) is 2.73. The van der Waals surface area contributed by atoms with Crippen molar-refractivity contribution < 1.29 is 0 Å². The fourth-order valence-electron chi connectivity index (χ4n) is 5.93. The number of thioether (sulfide) groups is 1. The second-order valence-corrected chi connectivity index (χ2v) is 9.19. The number of hydrogen-bond acceptors (Lipinski definition) is 2. The normalized spacial score (nSPS) is 54.2. The maximum atomic E-state index is 6.57. The van der Waals surface area contributed by atoms with Crippen LogP contribution < -0.4 is 5.73 Å². The molecular weight excluding hydrogens is 238 g/mol. The first-order valence-electron chi connectivity index (χ1n) is 8.02. The standard InChI is InChI=1S/C16H27NS/c17-16(3-4-18-11-16)2-1-15-8-12-5-13(9-15)7-14(6-12)10-15/h12-14H,1-11,17H2. The van der Waals surface area contributed by atoms with Gasteiger partial charge in [0.1, 0.15) is 0 Å². The summed E-state index contributed by atoms with van der Waals surface area (Å²) in [5, 5.41) is 0. The van der Waals surface area contributed by atoms with Crippen molar-refractivity contribution in [2.75, 3.05) is 11.5 Å². The third-order valence-electron chi connectivity index (χ3n) is 6.45. The lowest BCUT2D eigenvalue weighted by Gasteiger charge is -2.57. The van der Waals surface area contributed by atoms with Gasteiger partial charge in [-0.2, -0.15) is 11.8 Å². The lowest BCUT2D eigenvalue weighted by molar-refractivity contribution is -0.0602. The fourth-order valence-corrected chi connectivity index (χ4v) is 7.32. The lowest BCUT2D eigenvalue weighted by Crippen LogP contribution is -2.48. The molecular formula is C16H27NS. The molecule has 2 N–H and O–H groups in total. The molecule has 0 aromatic carbocycles. The van der Waals surface area contributed by atoms with Gasteiger partial charge >= 0.3 is 0 Å². The highest BCUT2D eigenvalue weighted by Crippen LogP contribution is 2.62. The highest BCUT2D eigenvalue weighted by atomic mass is 32.2. The number of nitrogens with two attached hydrogens (primary N) is 1. The first-order chi connectivity index (χ1) is 8.65. The third kappa shape index (κ3) is 2.04. The molecule has 1 atom stereocenters. The molecule has 1 nitrogen and oxygen atoms in total. The lowest BCUT2D eigenvalue weighted by atomic mass is 9.48. The van der Waals surface area contributed by atoms with Crippen molar-refractivity contribution in [2.24, 2.45) is 28.9 Å². The van der Waals surface area contributed by atoms with Gasteiger partial charge in [0.2, 0.25) is 0 Å². The Labute approximate surface area is 116 Å². The largest absolute Gasteiger partial charge is 0.324 e. The monoisotopic (exact) mass is 265 g/mol. The van der Waals surface area contributed by atoms with E-state index in [9.17, 15) is 0 Å². The van der Waals surface area contributed by atoms with E-state index in [4.69, 9.17) is 5.73 Å². The Bertz CT molecular complexity index is 297. The van der Waals surface area contributed by atoms with Crippen molar-refractivity contribution >= 4 is 11.8 Å². The van der Waals surface area contributed by atoms with Crippen LogP contribution in [0.1, 0.15) is 57.8 Å². The van der Waals surface area contributed by atoms with Gasteiger partial charge in [0.25, 0.3) is 0 Å². The SMILES string of the molecule is NC1(CCC23CC4CC(CC(C4)C2)C3)CCSC1. The molecule has 0 radical (unpaired) electrons. The predicted octanol–water partition coefficient (Wildman–Crippen LogP) is 3.82. The molecule has 5 fully saturated rings. The molecule has 1 saturated heterocycles. The Balaban J connectivity index is 1.44. The van der Waals surface area contributed by atoms with Crippen LogP contribution in [0.15, 0.2) is 0 Å². The molecule has 2 heteroatoms. The van der Waals surface area contributed by atoms with Crippen molar-refractivity contribution in [1.29, 1.82) is 0 Å². The van der Waals surface area contributed by atoms with Gasteiger partial charge in [0, 0.05) is 11.3 Å². The summed E-state index contributed by atoms with van der Waals surface area (Å²) in [5.41, 5.74) is 7.51. The van der Waals surface area contributed by atoms with E-state index in [-0.39, 0.29) is 5.54 Å². The molecule has 5 rings (SSSR count). The van der Waals surface area contributed by atoms with E-state index in [0.717, 1.165) is 23.2 Å². The number of rotatable bonds is 3. The van der Waals surface area contributed by atoms with Gasteiger partial charge in [-0.1, -0.05) is 0 Å². The molecule has 102 valence electrons. The Kier molecular flexibility index (Phi) is 2.79. The molecule has 4 saturated carbocycles. The molecule has 5 aliphatic rings. The minimum Gasteiger partial charge on any atom is -0.324 e. The summed E-state index contributed by atoms with van der Waals surface area (Å²) in [5.74, 6) is 5.82. The minimum absolute atomic E-state index is 0.202. The maximum Gasteiger partial charge on any atom is 0.0254 e. The van der Waals surface area contributed by atoms with Gasteiger partial charge in [0.05, 0.1) is 0 Å². The summed E-state index contributed by atoms with van der Waals surface area (Å²) in [6.45, 7) is 0.